The topological polar surface area (TPSA) is 50.0 Å². The first-order valence-corrected chi connectivity index (χ1v) is 6.08. The van der Waals surface area contributed by atoms with Crippen LogP contribution in [0, 0.1) is 0 Å². The molecule has 1 aromatic rings. The molecule has 0 amide bonds. The Morgan fingerprint density at radius 3 is 2.93 bits per heavy atom. The number of fused-ring (bicyclic) bond motifs is 2. The number of hydrogen-bond donors (Lipinski definition) is 0. The molecule has 14 heavy (non-hydrogen) atoms. The van der Waals surface area contributed by atoms with E-state index < -0.39 is 0 Å². The lowest BCUT2D eigenvalue weighted by Crippen LogP contribution is -2.35. The summed E-state index contributed by atoms with van der Waals surface area (Å²) in [5.74, 6) is 0. The van der Waals surface area contributed by atoms with Crippen molar-refractivity contribution >= 4 is 51.9 Å². The van der Waals surface area contributed by atoms with E-state index >= 15 is 0 Å². The van der Waals surface area contributed by atoms with Crippen molar-refractivity contribution in [3.8, 4) is 0 Å². The van der Waals surface area contributed by atoms with Crippen molar-refractivity contribution in [2.45, 2.75) is 11.4 Å². The third kappa shape index (κ3) is 1.21. The van der Waals surface area contributed by atoms with Gasteiger partial charge in [-0.05, 0) is 11.5 Å². The van der Waals surface area contributed by atoms with E-state index in [1.165, 1.54) is 23.5 Å². The van der Waals surface area contributed by atoms with E-state index in [-0.39, 0.29) is 11.4 Å². The summed E-state index contributed by atoms with van der Waals surface area (Å²) < 4.78 is 8.75. The molecule has 2 atom stereocenters. The maximum Gasteiger partial charge on any atom is 0.170 e. The van der Waals surface area contributed by atoms with Gasteiger partial charge in [0.15, 0.2) is 9.82 Å². The molecule has 0 bridgehead atoms. The normalized spacial score (nSPS) is 28.6. The monoisotopic (exact) mass is 264 g/mol. The molecule has 0 saturated carbocycles. The van der Waals surface area contributed by atoms with Gasteiger partial charge in [0, 0.05) is 11.9 Å². The van der Waals surface area contributed by atoms with Crippen molar-refractivity contribution < 1.29 is 0 Å². The van der Waals surface area contributed by atoms with Crippen LogP contribution in [0.2, 0.25) is 5.15 Å². The zero-order valence-electron chi connectivity index (χ0n) is 6.52. The number of halogens is 2. The molecule has 1 aromatic heterocycles. The van der Waals surface area contributed by atoms with Gasteiger partial charge in [-0.3, -0.25) is 9.98 Å². The Labute approximate surface area is 97.1 Å². The number of aromatic nitrogens is 1. The molecule has 0 aromatic carbocycles. The van der Waals surface area contributed by atoms with Crippen LogP contribution in [0.1, 0.15) is 0 Å². The highest BCUT2D eigenvalue weighted by Gasteiger charge is 2.33. The van der Waals surface area contributed by atoms with E-state index in [0.717, 1.165) is 4.67 Å². The lowest BCUT2D eigenvalue weighted by Gasteiger charge is -2.10. The SMILES string of the molecule is ClC1=NSC2N=c3c(Cl)nsc3=NC12. The van der Waals surface area contributed by atoms with Gasteiger partial charge in [0.25, 0.3) is 0 Å². The standard InChI is InChI=1S/C6H2Cl2N4S2/c7-3-1-5(13-11-3)10-2-4(8)12-14-6(2)9-1/h1,5H. The molecular formula is C6H2Cl2N4S2. The summed E-state index contributed by atoms with van der Waals surface area (Å²) in [6, 6.07) is -0.148. The zero-order chi connectivity index (χ0) is 9.71. The lowest BCUT2D eigenvalue weighted by atomic mass is 10.3. The molecule has 0 aliphatic carbocycles. The molecular weight excluding hydrogens is 263 g/mol. The minimum absolute atomic E-state index is 0.0658. The third-order valence-electron chi connectivity index (χ3n) is 1.88. The van der Waals surface area contributed by atoms with E-state index in [0.29, 0.717) is 15.7 Å². The van der Waals surface area contributed by atoms with E-state index in [1.807, 2.05) is 0 Å². The van der Waals surface area contributed by atoms with E-state index in [2.05, 4.69) is 18.8 Å². The van der Waals surface area contributed by atoms with Crippen molar-refractivity contribution in [2.75, 3.05) is 0 Å². The summed E-state index contributed by atoms with van der Waals surface area (Å²) in [6.45, 7) is 0. The fourth-order valence-electron chi connectivity index (χ4n) is 1.25. The number of hydrogen-bond acceptors (Lipinski definition) is 6. The van der Waals surface area contributed by atoms with E-state index in [4.69, 9.17) is 23.2 Å². The first-order chi connectivity index (χ1) is 6.75. The zero-order valence-corrected chi connectivity index (χ0v) is 9.66. The Kier molecular flexibility index (Phi) is 2.05. The predicted molar refractivity (Wildman–Crippen MR) is 57.9 cm³/mol. The molecule has 2 unspecified atom stereocenters. The summed E-state index contributed by atoms with van der Waals surface area (Å²) in [4.78, 5) is 8.81. The van der Waals surface area contributed by atoms with Gasteiger partial charge >= 0.3 is 0 Å². The Morgan fingerprint density at radius 2 is 2.07 bits per heavy atom. The van der Waals surface area contributed by atoms with Gasteiger partial charge in [0.05, 0.1) is 0 Å². The van der Waals surface area contributed by atoms with E-state index in [9.17, 15) is 0 Å². The number of nitrogens with zero attached hydrogens (tertiary/aromatic N) is 4. The van der Waals surface area contributed by atoms with Crippen LogP contribution in [0.25, 0.3) is 0 Å². The van der Waals surface area contributed by atoms with Crippen molar-refractivity contribution in [2.24, 2.45) is 14.4 Å². The molecule has 0 N–H and O–H groups in total. The average molecular weight is 265 g/mol. The minimum Gasteiger partial charge on any atom is -0.260 e. The molecule has 0 fully saturated rings. The van der Waals surface area contributed by atoms with Crippen LogP contribution >= 0.6 is 46.7 Å². The molecule has 0 spiro atoms. The summed E-state index contributed by atoms with van der Waals surface area (Å²) in [5, 5.41) is 1.52. The predicted octanol–water partition coefficient (Wildman–Crippen LogP) is 1.04. The second-order valence-corrected chi connectivity index (χ2v) is 5.11. The Bertz CT molecular complexity index is 537. The van der Waals surface area contributed by atoms with Crippen molar-refractivity contribution in [1.82, 2.24) is 4.37 Å². The van der Waals surface area contributed by atoms with Gasteiger partial charge in [-0.25, -0.2) is 4.40 Å². The van der Waals surface area contributed by atoms with Crippen LogP contribution in [0.15, 0.2) is 14.4 Å². The Hall–Kier alpha value is -0.170. The van der Waals surface area contributed by atoms with Crippen LogP contribution in [0.3, 0.4) is 0 Å². The maximum atomic E-state index is 5.89. The Balaban J connectivity index is 2.25. The molecule has 0 radical (unpaired) electrons. The maximum absolute atomic E-state index is 5.89. The third-order valence-corrected chi connectivity index (χ3v) is 4.28. The molecule has 2 aliphatic heterocycles. The van der Waals surface area contributed by atoms with Gasteiger partial charge in [-0.15, -0.1) is 0 Å². The largest absolute Gasteiger partial charge is 0.260 e. The summed E-state index contributed by atoms with van der Waals surface area (Å²) in [6.07, 6.45) is 0. The second kappa shape index (κ2) is 3.16. The Morgan fingerprint density at radius 1 is 1.21 bits per heavy atom. The van der Waals surface area contributed by atoms with Crippen LogP contribution in [-0.4, -0.2) is 21.0 Å². The van der Waals surface area contributed by atoms with Crippen LogP contribution in [0.5, 0.6) is 0 Å². The fraction of sp³-hybridized carbons (Fsp3) is 0.333. The molecule has 72 valence electrons. The molecule has 8 heteroatoms. The first kappa shape index (κ1) is 9.08. The minimum atomic E-state index is -0.148. The first-order valence-electron chi connectivity index (χ1n) is 3.72. The van der Waals surface area contributed by atoms with Gasteiger partial charge in [-0.2, -0.15) is 4.37 Å². The highest BCUT2D eigenvalue weighted by Crippen LogP contribution is 2.30. The van der Waals surface area contributed by atoms with Crippen LogP contribution < -0.4 is 10.0 Å². The lowest BCUT2D eigenvalue weighted by molar-refractivity contribution is 0.763. The van der Waals surface area contributed by atoms with Gasteiger partial charge in [0.1, 0.15) is 21.9 Å². The molecule has 3 rings (SSSR count). The fourth-order valence-corrected chi connectivity index (χ4v) is 3.33. The van der Waals surface area contributed by atoms with Crippen molar-refractivity contribution in [3.63, 3.8) is 0 Å². The van der Waals surface area contributed by atoms with Crippen LogP contribution in [0.4, 0.5) is 0 Å². The molecule has 4 nitrogen and oxygen atoms in total. The summed E-state index contributed by atoms with van der Waals surface area (Å²) in [5.41, 5.74) is 0. The van der Waals surface area contributed by atoms with Crippen LogP contribution in [-0.2, 0) is 0 Å². The van der Waals surface area contributed by atoms with Gasteiger partial charge < -0.3 is 0 Å². The number of rotatable bonds is 0. The smallest absolute Gasteiger partial charge is 0.170 e. The molecule has 0 saturated heterocycles. The highest BCUT2D eigenvalue weighted by molar-refractivity contribution is 7.99. The molecule has 2 aliphatic rings. The van der Waals surface area contributed by atoms with Gasteiger partial charge in [-0.1, -0.05) is 23.2 Å². The average Bonchev–Trinajstić information content (AvgIpc) is 2.71. The van der Waals surface area contributed by atoms with Crippen molar-refractivity contribution in [1.29, 1.82) is 0 Å². The summed E-state index contributed by atoms with van der Waals surface area (Å²) >= 11 is 14.3. The second-order valence-electron chi connectivity index (χ2n) is 2.74. The summed E-state index contributed by atoms with van der Waals surface area (Å²) in [7, 11) is 0. The van der Waals surface area contributed by atoms with Gasteiger partial charge in [0.2, 0.25) is 0 Å². The quantitative estimate of drug-likeness (QED) is 0.658. The highest BCUT2D eigenvalue weighted by atomic mass is 35.5. The molecule has 3 heterocycles. The van der Waals surface area contributed by atoms with Crippen molar-refractivity contribution in [3.05, 3.63) is 15.2 Å². The van der Waals surface area contributed by atoms with E-state index in [1.54, 1.807) is 0 Å².